The molecule has 0 amide bonds. The second-order valence-electron chi connectivity index (χ2n) is 32.8. The number of fused-ring (bicyclic) bond motifs is 16. The van der Waals surface area contributed by atoms with Crippen molar-refractivity contribution in [3.63, 3.8) is 0 Å². The fourth-order valence-electron chi connectivity index (χ4n) is 17.8. The number of benzene rings is 13. The van der Waals surface area contributed by atoms with Gasteiger partial charge in [0.05, 0.1) is 33.4 Å². The molecule has 7 heteroatoms. The van der Waals surface area contributed by atoms with Crippen molar-refractivity contribution in [2.24, 2.45) is 0 Å². The van der Waals surface area contributed by atoms with Gasteiger partial charge in [0.2, 0.25) is 0 Å². The fourth-order valence-corrected chi connectivity index (χ4v) is 17.8. The molecule has 0 fully saturated rings. The molecule has 2 aliphatic rings. The Hall–Kier alpha value is -11.3. The fraction of sp³-hybridized carbons (Fsp3) is 0.204. The van der Waals surface area contributed by atoms with E-state index in [0.29, 0.717) is 0 Å². The third-order valence-corrected chi connectivity index (χ3v) is 23.2. The van der Waals surface area contributed by atoms with Gasteiger partial charge >= 0.3 is 0 Å². The SMILES string of the molecule is CCCCc1c(N2c3cc(-n4c5ccccc5c5cc(C(C)(C)C)ccc54)ccc3B3c4ccc(-n5c6ccccc6c6cc(C(C)(C)C)ccc65)cc4N(c4c(-c5ccccc5)cc5c(oc6ccccc65)c4CCCC)c4cc(C(C)(C)C)cc2c43)c(-c2ccccc2)cc2c1oc1ccccc12. The van der Waals surface area contributed by atoms with Crippen LogP contribution in [0.3, 0.4) is 0 Å². The molecule has 0 saturated heterocycles. The third kappa shape index (κ3) is 10.1. The molecular formula is C98H87BN4O2. The van der Waals surface area contributed by atoms with E-state index in [-0.39, 0.29) is 23.0 Å². The summed E-state index contributed by atoms with van der Waals surface area (Å²) in [4.78, 5) is 5.49. The summed E-state index contributed by atoms with van der Waals surface area (Å²) in [6, 6.07) is 97.3. The molecule has 0 spiro atoms. The van der Waals surface area contributed by atoms with Crippen molar-refractivity contribution in [2.45, 2.75) is 131 Å². The van der Waals surface area contributed by atoms with E-state index in [1.54, 1.807) is 0 Å². The number of hydrogen-bond acceptors (Lipinski definition) is 4. The molecule has 0 aliphatic carbocycles. The van der Waals surface area contributed by atoms with E-state index in [0.717, 1.165) is 139 Å². The van der Waals surface area contributed by atoms with Gasteiger partial charge in [-0.2, -0.15) is 0 Å². The predicted octanol–water partition coefficient (Wildman–Crippen LogP) is 25.7. The van der Waals surface area contributed by atoms with E-state index in [4.69, 9.17) is 8.83 Å². The zero-order valence-corrected chi connectivity index (χ0v) is 62.2. The van der Waals surface area contributed by atoms with Crippen molar-refractivity contribution in [3.05, 3.63) is 283 Å². The summed E-state index contributed by atoms with van der Waals surface area (Å²) in [5.74, 6) is 0. The van der Waals surface area contributed by atoms with Gasteiger partial charge in [0, 0.05) is 99.5 Å². The van der Waals surface area contributed by atoms with E-state index >= 15 is 0 Å². The number of nitrogens with zero attached hydrogens (tertiary/aromatic N) is 4. The summed E-state index contributed by atoms with van der Waals surface area (Å²) in [5.41, 5.74) is 31.8. The Kier molecular flexibility index (Phi) is 14.8. The van der Waals surface area contributed by atoms with Crippen molar-refractivity contribution >= 4 is 145 Å². The largest absolute Gasteiger partial charge is 0.456 e. The Labute approximate surface area is 615 Å². The van der Waals surface area contributed by atoms with Gasteiger partial charge in [-0.15, -0.1) is 0 Å². The Bertz CT molecular complexity index is 6020. The maximum Gasteiger partial charge on any atom is 0.252 e. The normalized spacial score (nSPS) is 13.3. The molecule has 4 aromatic heterocycles. The minimum Gasteiger partial charge on any atom is -0.456 e. The van der Waals surface area contributed by atoms with E-state index in [9.17, 15) is 0 Å². The van der Waals surface area contributed by atoms with Crippen molar-refractivity contribution in [3.8, 4) is 33.6 Å². The highest BCUT2D eigenvalue weighted by Gasteiger charge is 2.47. The summed E-state index contributed by atoms with van der Waals surface area (Å²) >= 11 is 0. The Morgan fingerprint density at radius 1 is 0.324 bits per heavy atom. The van der Waals surface area contributed by atoms with Crippen LogP contribution in [0.15, 0.2) is 264 Å². The molecule has 0 N–H and O–H groups in total. The Morgan fingerprint density at radius 2 is 0.705 bits per heavy atom. The lowest BCUT2D eigenvalue weighted by molar-refractivity contribution is 0.590. The van der Waals surface area contributed by atoms with Crippen LogP contribution in [0, 0.1) is 0 Å². The highest BCUT2D eigenvalue weighted by molar-refractivity contribution is 7.00. The number of aryl methyl sites for hydroxylation is 2. The topological polar surface area (TPSA) is 42.6 Å². The first-order valence-electron chi connectivity index (χ1n) is 38.1. The van der Waals surface area contributed by atoms with Crippen molar-refractivity contribution in [2.75, 3.05) is 9.80 Å². The number of hydrogen-bond donors (Lipinski definition) is 0. The Morgan fingerprint density at radius 3 is 1.11 bits per heavy atom. The van der Waals surface area contributed by atoms with Gasteiger partial charge in [0.1, 0.15) is 22.3 Å². The van der Waals surface area contributed by atoms with Gasteiger partial charge < -0.3 is 27.8 Å². The minimum absolute atomic E-state index is 0.0403. The van der Waals surface area contributed by atoms with Gasteiger partial charge in [-0.25, -0.2) is 0 Å². The van der Waals surface area contributed by atoms with E-state index in [1.807, 2.05) is 0 Å². The number of para-hydroxylation sites is 4. The molecule has 17 aromatic rings. The molecule has 0 saturated carbocycles. The second-order valence-corrected chi connectivity index (χ2v) is 32.8. The molecule has 0 radical (unpaired) electrons. The lowest BCUT2D eigenvalue weighted by atomic mass is 9.33. The average molecular weight is 1360 g/mol. The highest BCUT2D eigenvalue weighted by atomic mass is 16.3. The average Bonchev–Trinajstić information content (AvgIpc) is 0.792. The lowest BCUT2D eigenvalue weighted by Gasteiger charge is -2.46. The molecule has 514 valence electrons. The standard InChI is InChI=1S/C98H87BN4O2/c1-12-14-34-71-92(73(60-30-18-16-19-31-60)58-77-69-38-24-28-42-89(69)104-94(71)77)102-85-56-65(100-81-40-26-22-36-67(81)75-52-62(96(3,4)5)44-50-83(75)100)46-48-79(85)99-80-49-47-66(101-82-41-27-23-37-68(82)76-53-63(97(6,7)8)45-51-84(76)101)57-86(80)103(88-55-64(98(9,10)11)54-87(102)91(88)99)93-72(35-15-13-2)95-78(70-39-25-29-43-90(70)105-95)59-74(93)61-32-20-17-21-33-61/h16-33,36-59H,12-15,34-35H2,1-11H3. The molecule has 0 unspecified atom stereocenters. The molecule has 0 bridgehead atoms. The van der Waals surface area contributed by atoms with Crippen LogP contribution in [0.4, 0.5) is 34.1 Å². The van der Waals surface area contributed by atoms with E-state index < -0.39 is 0 Å². The summed E-state index contributed by atoms with van der Waals surface area (Å²) < 4.78 is 19.9. The zero-order chi connectivity index (χ0) is 71.5. The van der Waals surface area contributed by atoms with Gasteiger partial charge in [-0.1, -0.05) is 247 Å². The Balaban J connectivity index is 0.997. The number of rotatable bonds is 12. The van der Waals surface area contributed by atoms with E-state index in [1.165, 1.54) is 98.9 Å². The number of unbranched alkanes of at least 4 members (excludes halogenated alkanes) is 2. The summed E-state index contributed by atoms with van der Waals surface area (Å²) in [7, 11) is 0. The molecule has 0 atom stereocenters. The van der Waals surface area contributed by atoms with E-state index in [2.05, 4.69) is 350 Å². The molecule has 2 aliphatic heterocycles. The zero-order valence-electron chi connectivity index (χ0n) is 62.2. The number of furan rings is 2. The second kappa shape index (κ2) is 24.2. The van der Waals surface area contributed by atoms with Crippen LogP contribution >= 0.6 is 0 Å². The van der Waals surface area contributed by atoms with Gasteiger partial charge in [0.15, 0.2) is 0 Å². The van der Waals surface area contributed by atoms with Gasteiger partial charge in [-0.3, -0.25) is 0 Å². The van der Waals surface area contributed by atoms with Crippen molar-refractivity contribution < 1.29 is 8.83 Å². The molecule has 6 nitrogen and oxygen atoms in total. The van der Waals surface area contributed by atoms with Crippen LogP contribution in [-0.4, -0.2) is 15.8 Å². The smallest absolute Gasteiger partial charge is 0.252 e. The molecule has 6 heterocycles. The maximum atomic E-state index is 7.39. The summed E-state index contributed by atoms with van der Waals surface area (Å²) in [5, 5.41) is 9.51. The van der Waals surface area contributed by atoms with Crippen LogP contribution in [0.5, 0.6) is 0 Å². The van der Waals surface area contributed by atoms with Crippen LogP contribution in [0.1, 0.15) is 130 Å². The molecule has 19 rings (SSSR count). The van der Waals surface area contributed by atoms with Crippen LogP contribution in [0.2, 0.25) is 0 Å². The lowest BCUT2D eigenvalue weighted by Crippen LogP contribution is -2.61. The first kappa shape index (κ1) is 64.6. The van der Waals surface area contributed by atoms with Crippen LogP contribution in [-0.2, 0) is 29.1 Å². The first-order chi connectivity index (χ1) is 50.9. The third-order valence-electron chi connectivity index (χ3n) is 23.2. The predicted molar refractivity (Wildman–Crippen MR) is 448 cm³/mol. The van der Waals surface area contributed by atoms with Gasteiger partial charge in [-0.05, 0) is 183 Å². The number of anilines is 6. The van der Waals surface area contributed by atoms with Gasteiger partial charge in [0.25, 0.3) is 6.71 Å². The first-order valence-corrected chi connectivity index (χ1v) is 38.1. The monoisotopic (exact) mass is 1360 g/mol. The van der Waals surface area contributed by atoms with Crippen molar-refractivity contribution in [1.29, 1.82) is 0 Å². The summed E-state index contributed by atoms with van der Waals surface area (Å²) in [6.45, 7) is 25.6. The highest BCUT2D eigenvalue weighted by Crippen LogP contribution is 2.56. The minimum atomic E-state index is -0.335. The molecular weight excluding hydrogens is 1280 g/mol. The van der Waals surface area contributed by atoms with Crippen LogP contribution in [0.25, 0.3) is 121 Å². The maximum absolute atomic E-state index is 7.39. The molecule has 13 aromatic carbocycles. The number of aromatic nitrogens is 2. The van der Waals surface area contributed by atoms with Crippen molar-refractivity contribution in [1.82, 2.24) is 9.13 Å². The summed E-state index contributed by atoms with van der Waals surface area (Å²) in [6.07, 6.45) is 5.58. The molecule has 105 heavy (non-hydrogen) atoms. The quantitative estimate of drug-likeness (QED) is 0.114. The van der Waals surface area contributed by atoms with Crippen LogP contribution < -0.4 is 26.2 Å².